The van der Waals surface area contributed by atoms with E-state index in [2.05, 4.69) is 37.2 Å². The molecule has 0 atom stereocenters. The molecule has 15 heavy (non-hydrogen) atoms. The summed E-state index contributed by atoms with van der Waals surface area (Å²) in [5, 5.41) is 2.41. The van der Waals surface area contributed by atoms with Crippen LogP contribution in [0.2, 0.25) is 0 Å². The molecule has 0 saturated carbocycles. The quantitative estimate of drug-likeness (QED) is 0.747. The molecule has 5 nitrogen and oxygen atoms in total. The molecule has 80 valence electrons. The van der Waals surface area contributed by atoms with E-state index in [9.17, 15) is 13.2 Å². The van der Waals surface area contributed by atoms with Crippen molar-refractivity contribution in [1.82, 2.24) is 4.72 Å². The zero-order valence-corrected chi connectivity index (χ0v) is 11.0. The first-order valence-electron chi connectivity index (χ1n) is 3.73. The van der Waals surface area contributed by atoms with Crippen molar-refractivity contribution in [2.45, 2.75) is 4.90 Å². The maximum atomic E-state index is 11.6. The number of nitrogens with one attached hydrogen (secondary N) is 2. The monoisotopic (exact) mass is 354 g/mol. The second-order valence-corrected chi connectivity index (χ2v) is 6.21. The van der Waals surface area contributed by atoms with Crippen LogP contribution in [0.5, 0.6) is 0 Å². The molecular weight excluding hydrogens is 352 g/mol. The van der Waals surface area contributed by atoms with Gasteiger partial charge in [0, 0.05) is 8.95 Å². The summed E-state index contributed by atoms with van der Waals surface area (Å²) in [4.78, 5) is 11.1. The number of sulfonamides is 1. The summed E-state index contributed by atoms with van der Waals surface area (Å²) in [5.41, 5.74) is 0.250. The molecule has 0 spiro atoms. The Bertz CT molecular complexity index is 556. The average Bonchev–Trinajstić information content (AvgIpc) is 1.97. The van der Waals surface area contributed by atoms with Gasteiger partial charge in [-0.1, -0.05) is 15.9 Å². The first-order chi connectivity index (χ1) is 6.90. The minimum Gasteiger partial charge on any atom is -0.306 e. The summed E-state index contributed by atoms with van der Waals surface area (Å²) in [6.45, 7) is 0. The molecule has 2 N–H and O–H groups in total. The van der Waals surface area contributed by atoms with Gasteiger partial charge in [-0.2, -0.15) is 0 Å². The molecule has 0 saturated heterocycles. The van der Waals surface area contributed by atoms with E-state index in [-0.39, 0.29) is 10.6 Å². The van der Waals surface area contributed by atoms with Crippen molar-refractivity contribution in [2.75, 3.05) is 5.32 Å². The highest BCUT2D eigenvalue weighted by atomic mass is 79.9. The van der Waals surface area contributed by atoms with Crippen molar-refractivity contribution in [3.05, 3.63) is 21.1 Å². The normalized spacial score (nSPS) is 17.6. The van der Waals surface area contributed by atoms with E-state index in [1.165, 1.54) is 6.07 Å². The second kappa shape index (κ2) is 3.46. The maximum Gasteiger partial charge on any atom is 0.333 e. The molecule has 1 heterocycles. The van der Waals surface area contributed by atoms with Crippen molar-refractivity contribution in [3.63, 3.8) is 0 Å². The second-order valence-electron chi connectivity index (χ2n) is 2.82. The van der Waals surface area contributed by atoms with Gasteiger partial charge < -0.3 is 5.32 Å². The lowest BCUT2D eigenvalue weighted by molar-refractivity contribution is 0.256. The Morgan fingerprint density at radius 1 is 1.20 bits per heavy atom. The highest BCUT2D eigenvalue weighted by Gasteiger charge is 2.30. The summed E-state index contributed by atoms with van der Waals surface area (Å²) in [6.07, 6.45) is 0. The molecule has 0 bridgehead atoms. The summed E-state index contributed by atoms with van der Waals surface area (Å²) in [6, 6.07) is 2.36. The fourth-order valence-electron chi connectivity index (χ4n) is 1.25. The minimum atomic E-state index is -3.77. The third-order valence-corrected chi connectivity index (χ3v) is 4.53. The molecule has 0 unspecified atom stereocenters. The molecule has 1 aromatic carbocycles. The number of hydrogen-bond donors (Lipinski definition) is 2. The number of amides is 2. The summed E-state index contributed by atoms with van der Waals surface area (Å²) >= 11 is 6.33. The van der Waals surface area contributed by atoms with E-state index in [4.69, 9.17) is 0 Å². The van der Waals surface area contributed by atoms with Crippen LogP contribution in [0.25, 0.3) is 0 Å². The van der Waals surface area contributed by atoms with Gasteiger partial charge in [0.05, 0.1) is 5.69 Å². The van der Waals surface area contributed by atoms with Gasteiger partial charge in [-0.15, -0.1) is 0 Å². The number of carbonyl (C=O) groups is 1. The maximum absolute atomic E-state index is 11.6. The van der Waals surface area contributed by atoms with Crippen LogP contribution in [0.1, 0.15) is 0 Å². The average molecular weight is 356 g/mol. The Morgan fingerprint density at radius 3 is 2.53 bits per heavy atom. The lowest BCUT2D eigenvalue weighted by Gasteiger charge is -2.19. The standard InChI is InChI=1S/C7H4Br2N2O3S/c8-3-1-4(9)6-5(2-3)10-7(12)11-15(6,13)14/h1-2H,(H2,10,11,12). The van der Waals surface area contributed by atoms with Crippen LogP contribution in [0, 0.1) is 0 Å². The van der Waals surface area contributed by atoms with Crippen LogP contribution < -0.4 is 10.0 Å². The molecule has 1 aromatic rings. The van der Waals surface area contributed by atoms with Crippen LogP contribution in [0.3, 0.4) is 0 Å². The van der Waals surface area contributed by atoms with Gasteiger partial charge in [-0.3, -0.25) is 0 Å². The number of carbonyl (C=O) groups excluding carboxylic acids is 1. The predicted octanol–water partition coefficient (Wildman–Crippen LogP) is 2.04. The van der Waals surface area contributed by atoms with E-state index in [0.29, 0.717) is 8.95 Å². The van der Waals surface area contributed by atoms with Crippen molar-refractivity contribution >= 4 is 53.6 Å². The van der Waals surface area contributed by atoms with Gasteiger partial charge in [0.2, 0.25) is 0 Å². The Hall–Kier alpha value is -0.600. The third-order valence-electron chi connectivity index (χ3n) is 1.75. The van der Waals surface area contributed by atoms with Gasteiger partial charge in [0.25, 0.3) is 10.0 Å². The molecule has 8 heteroatoms. The van der Waals surface area contributed by atoms with Gasteiger partial charge in [0.1, 0.15) is 4.90 Å². The number of hydrogen-bond acceptors (Lipinski definition) is 3. The number of anilines is 1. The summed E-state index contributed by atoms with van der Waals surface area (Å²) < 4.78 is 26.1. The van der Waals surface area contributed by atoms with Gasteiger partial charge in [0.15, 0.2) is 0 Å². The molecule has 0 radical (unpaired) electrons. The van der Waals surface area contributed by atoms with Crippen molar-refractivity contribution in [2.24, 2.45) is 0 Å². The summed E-state index contributed by atoms with van der Waals surface area (Å²) in [7, 11) is -3.77. The molecular formula is C7H4Br2N2O3S. The van der Waals surface area contributed by atoms with Gasteiger partial charge in [-0.05, 0) is 28.1 Å². The van der Waals surface area contributed by atoms with Gasteiger partial charge >= 0.3 is 6.03 Å². The number of benzene rings is 1. The fraction of sp³-hybridized carbons (Fsp3) is 0. The topological polar surface area (TPSA) is 75.3 Å². The number of halogens is 2. The highest BCUT2D eigenvalue weighted by molar-refractivity contribution is 9.11. The predicted molar refractivity (Wildman–Crippen MR) is 61.2 cm³/mol. The SMILES string of the molecule is O=C1Nc2cc(Br)cc(Br)c2S(=O)(=O)N1. The molecule has 0 fully saturated rings. The van der Waals surface area contributed by atoms with Crippen LogP contribution in [0.4, 0.5) is 10.5 Å². The number of rotatable bonds is 0. The lowest BCUT2D eigenvalue weighted by Crippen LogP contribution is -2.39. The molecule has 1 aliphatic heterocycles. The number of urea groups is 1. The van der Waals surface area contributed by atoms with Crippen molar-refractivity contribution < 1.29 is 13.2 Å². The van der Waals surface area contributed by atoms with Crippen LogP contribution >= 0.6 is 31.9 Å². The first-order valence-corrected chi connectivity index (χ1v) is 6.80. The molecule has 2 amide bonds. The van der Waals surface area contributed by atoms with Crippen molar-refractivity contribution in [3.8, 4) is 0 Å². The largest absolute Gasteiger partial charge is 0.333 e. The lowest BCUT2D eigenvalue weighted by atomic mass is 10.3. The fourth-order valence-corrected chi connectivity index (χ4v) is 4.22. The molecule has 1 aliphatic rings. The van der Waals surface area contributed by atoms with E-state index in [1.54, 1.807) is 6.07 Å². The van der Waals surface area contributed by atoms with E-state index in [0.717, 1.165) is 0 Å². The molecule has 0 aliphatic carbocycles. The van der Waals surface area contributed by atoms with Crippen LogP contribution in [-0.4, -0.2) is 14.4 Å². The Labute approximate surface area is 103 Å². The third kappa shape index (κ3) is 1.88. The van der Waals surface area contributed by atoms with E-state index in [1.807, 2.05) is 4.72 Å². The number of fused-ring (bicyclic) bond motifs is 1. The van der Waals surface area contributed by atoms with Crippen LogP contribution in [0.15, 0.2) is 26.0 Å². The Morgan fingerprint density at radius 2 is 1.87 bits per heavy atom. The Kier molecular flexibility index (Phi) is 2.52. The van der Waals surface area contributed by atoms with Crippen molar-refractivity contribution in [1.29, 1.82) is 0 Å². The van der Waals surface area contributed by atoms with E-state index < -0.39 is 16.1 Å². The minimum absolute atomic E-state index is 0.0327. The first kappa shape index (κ1) is 10.9. The molecule has 2 rings (SSSR count). The zero-order valence-electron chi connectivity index (χ0n) is 7.04. The molecule has 0 aromatic heterocycles. The Balaban J connectivity index is 2.79. The summed E-state index contributed by atoms with van der Waals surface area (Å²) in [5.74, 6) is 0. The highest BCUT2D eigenvalue weighted by Crippen LogP contribution is 2.34. The smallest absolute Gasteiger partial charge is 0.306 e. The van der Waals surface area contributed by atoms with Gasteiger partial charge in [-0.25, -0.2) is 17.9 Å². The zero-order chi connectivity index (χ0) is 11.2. The van der Waals surface area contributed by atoms with E-state index >= 15 is 0 Å². The van der Waals surface area contributed by atoms with Crippen LogP contribution in [-0.2, 0) is 10.0 Å².